The molecule has 0 saturated carbocycles. The van der Waals surface area contributed by atoms with Gasteiger partial charge in [0.2, 0.25) is 0 Å². The molecule has 0 unspecified atom stereocenters. The van der Waals surface area contributed by atoms with Crippen molar-refractivity contribution in [3.8, 4) is 0 Å². The quantitative estimate of drug-likeness (QED) is 0.662. The normalized spacial score (nSPS) is 10.4. The third-order valence-electron chi connectivity index (χ3n) is 4.23. The third-order valence-corrected chi connectivity index (χ3v) is 5.44. The van der Waals surface area contributed by atoms with Crippen LogP contribution in [0.3, 0.4) is 0 Å². The minimum absolute atomic E-state index is 0.300. The highest BCUT2D eigenvalue weighted by atomic mass is 35.5. The van der Waals surface area contributed by atoms with Gasteiger partial charge in [-0.25, -0.2) is 0 Å². The van der Waals surface area contributed by atoms with E-state index in [1.165, 1.54) is 11.3 Å². The van der Waals surface area contributed by atoms with Crippen molar-refractivity contribution in [2.45, 2.75) is 27.3 Å². The lowest BCUT2D eigenvalue weighted by atomic mass is 10.1. The number of nitrogens with one attached hydrogen (secondary N) is 1. The summed E-state index contributed by atoms with van der Waals surface area (Å²) in [5.74, 6) is -1.34. The summed E-state index contributed by atoms with van der Waals surface area (Å²) < 4.78 is 5.65. The van der Waals surface area contributed by atoms with Crippen LogP contribution in [0.1, 0.15) is 33.3 Å². The van der Waals surface area contributed by atoms with E-state index < -0.39 is 5.97 Å². The number of amides is 2. The molecular formula is C20H23ClN2O4S. The van der Waals surface area contributed by atoms with Crippen molar-refractivity contribution in [3.05, 3.63) is 56.2 Å². The molecule has 6 nitrogen and oxygen atoms in total. The number of halogens is 1. The molecule has 28 heavy (non-hydrogen) atoms. The molecule has 0 atom stereocenters. The second-order valence-electron chi connectivity index (χ2n) is 6.26. The van der Waals surface area contributed by atoms with Crippen LogP contribution < -0.4 is 5.32 Å². The number of aryl methyl sites for hydroxylation is 2. The number of ether oxygens (including phenoxy) is 1. The number of carbonyl (C=O) groups is 3. The predicted octanol–water partition coefficient (Wildman–Crippen LogP) is 3.34. The Morgan fingerprint density at radius 1 is 1.14 bits per heavy atom. The number of benzene rings is 1. The maximum absolute atomic E-state index is 12.3. The standard InChI is InChI=1S/C20H23ClN2O4S/c1-4-23(11-16-7-8-17(21)28-16)18(24)12-27-19(25)10-22-20(26)15-6-5-13(2)14(3)9-15/h5-9H,4,10-12H2,1-3H3,(H,22,26). The van der Waals surface area contributed by atoms with E-state index in [0.29, 0.717) is 23.0 Å². The van der Waals surface area contributed by atoms with E-state index >= 15 is 0 Å². The van der Waals surface area contributed by atoms with Crippen molar-refractivity contribution in [2.75, 3.05) is 19.7 Å². The molecule has 2 rings (SSSR count). The van der Waals surface area contributed by atoms with Gasteiger partial charge in [-0.1, -0.05) is 17.7 Å². The van der Waals surface area contributed by atoms with Gasteiger partial charge in [0, 0.05) is 17.0 Å². The van der Waals surface area contributed by atoms with Crippen LogP contribution in [-0.2, 0) is 20.9 Å². The molecule has 0 aliphatic heterocycles. The van der Waals surface area contributed by atoms with Gasteiger partial charge in [0.1, 0.15) is 6.54 Å². The Labute approximate surface area is 173 Å². The highest BCUT2D eigenvalue weighted by molar-refractivity contribution is 7.16. The van der Waals surface area contributed by atoms with Crippen LogP contribution in [0.25, 0.3) is 0 Å². The molecule has 1 aromatic carbocycles. The number of carbonyl (C=O) groups excluding carboxylic acids is 3. The van der Waals surface area contributed by atoms with Crippen LogP contribution in [0.4, 0.5) is 0 Å². The SMILES string of the molecule is CCN(Cc1ccc(Cl)s1)C(=O)COC(=O)CNC(=O)c1ccc(C)c(C)c1. The smallest absolute Gasteiger partial charge is 0.325 e. The largest absolute Gasteiger partial charge is 0.454 e. The van der Waals surface area contributed by atoms with Gasteiger partial charge in [0.15, 0.2) is 6.61 Å². The van der Waals surface area contributed by atoms with Gasteiger partial charge < -0.3 is 15.0 Å². The second-order valence-corrected chi connectivity index (χ2v) is 8.06. The van der Waals surface area contributed by atoms with Gasteiger partial charge in [0.05, 0.1) is 10.9 Å². The Kier molecular flexibility index (Phi) is 8.02. The van der Waals surface area contributed by atoms with Crippen molar-refractivity contribution in [3.63, 3.8) is 0 Å². The van der Waals surface area contributed by atoms with Crippen LogP contribution >= 0.6 is 22.9 Å². The molecule has 2 aromatic rings. The van der Waals surface area contributed by atoms with E-state index in [0.717, 1.165) is 16.0 Å². The van der Waals surface area contributed by atoms with Crippen LogP contribution in [-0.4, -0.2) is 42.4 Å². The average molecular weight is 423 g/mol. The van der Waals surface area contributed by atoms with E-state index in [1.54, 1.807) is 23.1 Å². The number of thiophene rings is 1. The van der Waals surface area contributed by atoms with Gasteiger partial charge in [-0.3, -0.25) is 14.4 Å². The van der Waals surface area contributed by atoms with Crippen molar-refractivity contribution >= 4 is 40.7 Å². The zero-order valence-corrected chi connectivity index (χ0v) is 17.7. The molecule has 0 saturated heterocycles. The van der Waals surface area contributed by atoms with Crippen molar-refractivity contribution < 1.29 is 19.1 Å². The molecule has 0 spiro atoms. The summed E-state index contributed by atoms with van der Waals surface area (Å²) in [6, 6.07) is 8.94. The fraction of sp³-hybridized carbons (Fsp3) is 0.350. The van der Waals surface area contributed by atoms with E-state index in [1.807, 2.05) is 32.9 Å². The summed E-state index contributed by atoms with van der Waals surface area (Å²) in [5, 5.41) is 2.50. The molecule has 0 radical (unpaired) electrons. The first-order valence-corrected chi connectivity index (χ1v) is 10.0. The Morgan fingerprint density at radius 3 is 2.50 bits per heavy atom. The highest BCUT2D eigenvalue weighted by Crippen LogP contribution is 2.22. The summed E-state index contributed by atoms with van der Waals surface area (Å²) in [7, 11) is 0. The number of hydrogen-bond donors (Lipinski definition) is 1. The lowest BCUT2D eigenvalue weighted by Crippen LogP contribution is -2.36. The molecule has 2 amide bonds. The molecule has 0 fully saturated rings. The molecule has 0 bridgehead atoms. The number of hydrogen-bond acceptors (Lipinski definition) is 5. The van der Waals surface area contributed by atoms with E-state index in [2.05, 4.69) is 5.32 Å². The van der Waals surface area contributed by atoms with Gasteiger partial charge in [-0.2, -0.15) is 0 Å². The minimum atomic E-state index is -0.666. The van der Waals surface area contributed by atoms with Crippen molar-refractivity contribution in [2.24, 2.45) is 0 Å². The highest BCUT2D eigenvalue weighted by Gasteiger charge is 2.16. The third kappa shape index (κ3) is 6.35. The number of rotatable bonds is 8. The zero-order valence-electron chi connectivity index (χ0n) is 16.1. The molecule has 1 heterocycles. The Morgan fingerprint density at radius 2 is 1.89 bits per heavy atom. The predicted molar refractivity (Wildman–Crippen MR) is 110 cm³/mol. The fourth-order valence-corrected chi connectivity index (χ4v) is 3.53. The van der Waals surface area contributed by atoms with Crippen LogP contribution in [0.5, 0.6) is 0 Å². The maximum atomic E-state index is 12.3. The summed E-state index contributed by atoms with van der Waals surface area (Å²) in [4.78, 5) is 38.7. The maximum Gasteiger partial charge on any atom is 0.325 e. The van der Waals surface area contributed by atoms with Crippen LogP contribution in [0.2, 0.25) is 4.34 Å². The molecule has 8 heteroatoms. The van der Waals surface area contributed by atoms with Gasteiger partial charge in [0.25, 0.3) is 11.8 Å². The lowest BCUT2D eigenvalue weighted by molar-refractivity contribution is -0.151. The summed E-state index contributed by atoms with van der Waals surface area (Å²) in [5.41, 5.74) is 2.55. The van der Waals surface area contributed by atoms with E-state index in [4.69, 9.17) is 16.3 Å². The molecule has 1 aromatic heterocycles. The Balaban J connectivity index is 1.78. The minimum Gasteiger partial charge on any atom is -0.454 e. The summed E-state index contributed by atoms with van der Waals surface area (Å²) in [6.45, 7) is 5.94. The second kappa shape index (κ2) is 10.2. The summed E-state index contributed by atoms with van der Waals surface area (Å²) in [6.07, 6.45) is 0. The molecular weight excluding hydrogens is 400 g/mol. The lowest BCUT2D eigenvalue weighted by Gasteiger charge is -2.20. The summed E-state index contributed by atoms with van der Waals surface area (Å²) >= 11 is 7.30. The monoisotopic (exact) mass is 422 g/mol. The molecule has 0 aliphatic carbocycles. The average Bonchev–Trinajstić information content (AvgIpc) is 3.09. The van der Waals surface area contributed by atoms with E-state index in [-0.39, 0.29) is 25.0 Å². The van der Waals surface area contributed by atoms with Crippen LogP contribution in [0.15, 0.2) is 30.3 Å². The Hall–Kier alpha value is -2.38. The number of likely N-dealkylation sites (N-methyl/N-ethyl adjacent to an activating group) is 1. The van der Waals surface area contributed by atoms with Gasteiger partial charge >= 0.3 is 5.97 Å². The van der Waals surface area contributed by atoms with Crippen molar-refractivity contribution in [1.29, 1.82) is 0 Å². The first kappa shape index (κ1) is 21.9. The molecule has 150 valence electrons. The molecule has 1 N–H and O–H groups in total. The fourth-order valence-electron chi connectivity index (χ4n) is 2.42. The Bertz CT molecular complexity index is 866. The zero-order chi connectivity index (χ0) is 20.7. The van der Waals surface area contributed by atoms with Crippen LogP contribution in [0, 0.1) is 13.8 Å². The first-order valence-electron chi connectivity index (χ1n) is 8.83. The van der Waals surface area contributed by atoms with E-state index in [9.17, 15) is 14.4 Å². The number of nitrogens with zero attached hydrogens (tertiary/aromatic N) is 1. The first-order chi connectivity index (χ1) is 13.3. The number of esters is 1. The van der Waals surface area contributed by atoms with Gasteiger partial charge in [-0.05, 0) is 56.2 Å². The topological polar surface area (TPSA) is 75.7 Å². The van der Waals surface area contributed by atoms with Gasteiger partial charge in [-0.15, -0.1) is 11.3 Å². The molecule has 0 aliphatic rings. The van der Waals surface area contributed by atoms with Crippen molar-refractivity contribution in [1.82, 2.24) is 10.2 Å².